The van der Waals surface area contributed by atoms with Crippen LogP contribution in [-0.2, 0) is 14.8 Å². The number of nitrogens with one attached hydrogen (secondary N) is 1. The Morgan fingerprint density at radius 1 is 1.10 bits per heavy atom. The summed E-state index contributed by atoms with van der Waals surface area (Å²) >= 11 is 12.0. The highest BCUT2D eigenvalue weighted by molar-refractivity contribution is 7.89. The molecule has 30 heavy (non-hydrogen) atoms. The van der Waals surface area contributed by atoms with Gasteiger partial charge in [0, 0.05) is 31.2 Å². The predicted molar refractivity (Wildman–Crippen MR) is 118 cm³/mol. The molecule has 2 aromatic carbocycles. The van der Waals surface area contributed by atoms with E-state index in [9.17, 15) is 13.2 Å². The first-order chi connectivity index (χ1) is 14.2. The number of nitrogens with zero attached hydrogens (tertiary/aromatic N) is 2. The molecule has 0 spiro atoms. The molecule has 1 heterocycles. The standard InChI is InChI=1S/C20H23Cl2N3O4S/c1-14(20(26)23-17-5-3-4-6-18(17)29-2)24-9-11-25(12-10-24)30(27,28)19-13-15(21)7-8-16(19)22/h3-8,13-14H,9-12H2,1-2H3,(H,23,26). The molecular formula is C20H23Cl2N3O4S. The maximum atomic E-state index is 13.0. The number of amides is 1. The Hall–Kier alpha value is -1.84. The van der Waals surface area contributed by atoms with E-state index in [2.05, 4.69) is 5.32 Å². The van der Waals surface area contributed by atoms with Crippen molar-refractivity contribution in [1.29, 1.82) is 0 Å². The van der Waals surface area contributed by atoms with Crippen LogP contribution >= 0.6 is 23.2 Å². The second kappa shape index (κ2) is 9.53. The Bertz CT molecular complexity index is 1020. The van der Waals surface area contributed by atoms with Crippen LogP contribution in [-0.4, -0.2) is 62.9 Å². The van der Waals surface area contributed by atoms with Gasteiger partial charge in [-0.25, -0.2) is 8.42 Å². The first kappa shape index (κ1) is 22.8. The van der Waals surface area contributed by atoms with Gasteiger partial charge in [-0.05, 0) is 37.3 Å². The number of hydrogen-bond acceptors (Lipinski definition) is 5. The summed E-state index contributed by atoms with van der Waals surface area (Å²) in [5.41, 5.74) is 0.591. The average Bonchev–Trinajstić information content (AvgIpc) is 2.75. The first-order valence-electron chi connectivity index (χ1n) is 9.37. The van der Waals surface area contributed by atoms with E-state index in [0.717, 1.165) is 0 Å². The molecule has 1 amide bonds. The number of anilines is 1. The molecule has 1 fully saturated rings. The van der Waals surface area contributed by atoms with Gasteiger partial charge in [-0.15, -0.1) is 0 Å². The molecule has 1 aliphatic rings. The summed E-state index contributed by atoms with van der Waals surface area (Å²) in [6.07, 6.45) is 0. The minimum Gasteiger partial charge on any atom is -0.495 e. The van der Waals surface area contributed by atoms with Gasteiger partial charge in [0.15, 0.2) is 0 Å². The molecule has 0 bridgehead atoms. The lowest BCUT2D eigenvalue weighted by Crippen LogP contribution is -2.53. The molecule has 3 rings (SSSR count). The highest BCUT2D eigenvalue weighted by Crippen LogP contribution is 2.29. The Labute approximate surface area is 186 Å². The van der Waals surface area contributed by atoms with Crippen LogP contribution in [0, 0.1) is 0 Å². The number of carbonyl (C=O) groups is 1. The van der Waals surface area contributed by atoms with E-state index in [1.807, 2.05) is 17.0 Å². The lowest BCUT2D eigenvalue weighted by molar-refractivity contribution is -0.121. The Balaban J connectivity index is 1.64. The molecule has 1 atom stereocenters. The van der Waals surface area contributed by atoms with Gasteiger partial charge in [0.2, 0.25) is 15.9 Å². The lowest BCUT2D eigenvalue weighted by Gasteiger charge is -2.36. The van der Waals surface area contributed by atoms with Crippen LogP contribution in [0.15, 0.2) is 47.4 Å². The van der Waals surface area contributed by atoms with Crippen molar-refractivity contribution in [2.45, 2.75) is 17.9 Å². The van der Waals surface area contributed by atoms with E-state index >= 15 is 0 Å². The van der Waals surface area contributed by atoms with Crippen molar-refractivity contribution < 1.29 is 17.9 Å². The van der Waals surface area contributed by atoms with Crippen molar-refractivity contribution in [3.63, 3.8) is 0 Å². The maximum absolute atomic E-state index is 13.0. The zero-order valence-electron chi connectivity index (χ0n) is 16.6. The number of para-hydroxylation sites is 2. The molecule has 7 nitrogen and oxygen atoms in total. The molecule has 0 aliphatic carbocycles. The lowest BCUT2D eigenvalue weighted by atomic mass is 10.2. The van der Waals surface area contributed by atoms with Gasteiger partial charge in [0.25, 0.3) is 0 Å². The average molecular weight is 472 g/mol. The smallest absolute Gasteiger partial charge is 0.244 e. The second-order valence-corrected chi connectivity index (χ2v) is 9.63. The minimum atomic E-state index is -3.77. The van der Waals surface area contributed by atoms with Crippen LogP contribution in [0.5, 0.6) is 5.75 Å². The minimum absolute atomic E-state index is 0.00733. The van der Waals surface area contributed by atoms with E-state index < -0.39 is 16.1 Å². The predicted octanol–water partition coefficient (Wildman–Crippen LogP) is 3.34. The summed E-state index contributed by atoms with van der Waals surface area (Å²) < 4.78 is 32.5. The summed E-state index contributed by atoms with van der Waals surface area (Å²) in [6.45, 7) is 3.12. The number of ether oxygens (including phenoxy) is 1. The summed E-state index contributed by atoms with van der Waals surface area (Å²) in [5, 5.41) is 3.30. The zero-order chi connectivity index (χ0) is 21.9. The number of carbonyl (C=O) groups excluding carboxylic acids is 1. The molecule has 1 aliphatic heterocycles. The van der Waals surface area contributed by atoms with Crippen molar-refractivity contribution >= 4 is 44.8 Å². The number of benzene rings is 2. The molecule has 1 unspecified atom stereocenters. The van der Waals surface area contributed by atoms with E-state index in [0.29, 0.717) is 29.5 Å². The second-order valence-electron chi connectivity index (χ2n) is 6.88. The maximum Gasteiger partial charge on any atom is 0.244 e. The van der Waals surface area contributed by atoms with Crippen molar-refractivity contribution in [3.05, 3.63) is 52.5 Å². The van der Waals surface area contributed by atoms with Gasteiger partial charge in [-0.3, -0.25) is 9.69 Å². The van der Waals surface area contributed by atoms with E-state index in [1.165, 1.54) is 16.4 Å². The third-order valence-electron chi connectivity index (χ3n) is 5.08. The van der Waals surface area contributed by atoms with Gasteiger partial charge < -0.3 is 10.1 Å². The topological polar surface area (TPSA) is 79.0 Å². The Morgan fingerprint density at radius 3 is 2.43 bits per heavy atom. The van der Waals surface area contributed by atoms with Crippen LogP contribution < -0.4 is 10.1 Å². The molecule has 0 aromatic heterocycles. The summed E-state index contributed by atoms with van der Waals surface area (Å²) in [6, 6.07) is 11.1. The molecule has 0 radical (unpaired) electrons. The van der Waals surface area contributed by atoms with Crippen molar-refractivity contribution in [1.82, 2.24) is 9.21 Å². The Kier molecular flexibility index (Phi) is 7.26. The van der Waals surface area contributed by atoms with E-state index in [4.69, 9.17) is 27.9 Å². The van der Waals surface area contributed by atoms with Crippen LogP contribution in [0.2, 0.25) is 10.0 Å². The third-order valence-corrected chi connectivity index (χ3v) is 7.69. The van der Waals surface area contributed by atoms with E-state index in [-0.39, 0.29) is 28.9 Å². The molecule has 10 heteroatoms. The molecule has 2 aromatic rings. The van der Waals surface area contributed by atoms with Gasteiger partial charge in [0.1, 0.15) is 10.6 Å². The third kappa shape index (κ3) is 4.90. The van der Waals surface area contributed by atoms with Crippen LogP contribution in [0.1, 0.15) is 6.92 Å². The van der Waals surface area contributed by atoms with Crippen LogP contribution in [0.3, 0.4) is 0 Å². The van der Waals surface area contributed by atoms with E-state index in [1.54, 1.807) is 32.2 Å². The first-order valence-corrected chi connectivity index (χ1v) is 11.6. The number of sulfonamides is 1. The number of halogens is 2. The summed E-state index contributed by atoms with van der Waals surface area (Å²) in [4.78, 5) is 14.6. The largest absolute Gasteiger partial charge is 0.495 e. The fourth-order valence-electron chi connectivity index (χ4n) is 3.30. The summed E-state index contributed by atoms with van der Waals surface area (Å²) in [5.74, 6) is 0.390. The van der Waals surface area contributed by atoms with Gasteiger partial charge in [-0.2, -0.15) is 4.31 Å². The quantitative estimate of drug-likeness (QED) is 0.698. The number of piperazine rings is 1. The molecular weight excluding hydrogens is 449 g/mol. The normalized spacial score (nSPS) is 16.8. The molecule has 162 valence electrons. The SMILES string of the molecule is COc1ccccc1NC(=O)C(C)N1CCN(S(=O)(=O)c2cc(Cl)ccc2Cl)CC1. The van der Waals surface area contributed by atoms with Crippen molar-refractivity contribution in [3.8, 4) is 5.75 Å². The van der Waals surface area contributed by atoms with Crippen molar-refractivity contribution in [2.24, 2.45) is 0 Å². The van der Waals surface area contributed by atoms with Crippen LogP contribution in [0.4, 0.5) is 5.69 Å². The van der Waals surface area contributed by atoms with Gasteiger partial charge >= 0.3 is 0 Å². The van der Waals surface area contributed by atoms with Crippen molar-refractivity contribution in [2.75, 3.05) is 38.6 Å². The van der Waals surface area contributed by atoms with Gasteiger partial charge in [-0.1, -0.05) is 35.3 Å². The monoisotopic (exact) mass is 471 g/mol. The molecule has 1 N–H and O–H groups in total. The Morgan fingerprint density at radius 2 is 1.77 bits per heavy atom. The number of rotatable bonds is 6. The highest BCUT2D eigenvalue weighted by atomic mass is 35.5. The fraction of sp³-hybridized carbons (Fsp3) is 0.350. The summed E-state index contributed by atoms with van der Waals surface area (Å²) in [7, 11) is -2.23. The fourth-order valence-corrected chi connectivity index (χ4v) is 5.46. The number of methoxy groups -OCH3 is 1. The molecule has 0 saturated carbocycles. The van der Waals surface area contributed by atoms with Gasteiger partial charge in [0.05, 0.1) is 23.9 Å². The highest BCUT2D eigenvalue weighted by Gasteiger charge is 2.33. The zero-order valence-corrected chi connectivity index (χ0v) is 19.0. The number of hydrogen-bond donors (Lipinski definition) is 1. The molecule has 1 saturated heterocycles. The van der Waals surface area contributed by atoms with Crippen LogP contribution in [0.25, 0.3) is 0 Å².